The number of amides is 1. The summed E-state index contributed by atoms with van der Waals surface area (Å²) < 4.78 is 52.8. The van der Waals surface area contributed by atoms with Gasteiger partial charge in [0.15, 0.2) is 6.10 Å². The smallest absolute Gasteiger partial charge is 0.514 e. The summed E-state index contributed by atoms with van der Waals surface area (Å²) >= 11 is 0. The van der Waals surface area contributed by atoms with E-state index in [1.54, 1.807) is 60.7 Å². The fourth-order valence-corrected chi connectivity index (χ4v) is 4.25. The van der Waals surface area contributed by atoms with Gasteiger partial charge in [0.1, 0.15) is 34.0 Å². The molecule has 10 nitrogen and oxygen atoms in total. The van der Waals surface area contributed by atoms with Gasteiger partial charge in [0, 0.05) is 18.4 Å². The molecule has 0 saturated heterocycles. The van der Waals surface area contributed by atoms with E-state index in [4.69, 9.17) is 18.9 Å². The van der Waals surface area contributed by atoms with Gasteiger partial charge in [0.2, 0.25) is 5.91 Å². The molecule has 1 N–H and O–H groups in total. The number of hydrogen-bond donors (Lipinski definition) is 1. The molecular formula is C30H37NO9S2. The van der Waals surface area contributed by atoms with E-state index in [0.29, 0.717) is 30.2 Å². The zero-order valence-corrected chi connectivity index (χ0v) is 25.7. The molecule has 0 aromatic heterocycles. The third-order valence-electron chi connectivity index (χ3n) is 5.32. The lowest BCUT2D eigenvalue weighted by atomic mass is 10.2. The lowest BCUT2D eigenvalue weighted by Crippen LogP contribution is -2.31. The van der Waals surface area contributed by atoms with Crippen LogP contribution in [0.15, 0.2) is 83.8 Å². The molecule has 0 heterocycles. The second-order valence-electron chi connectivity index (χ2n) is 9.16. The van der Waals surface area contributed by atoms with Gasteiger partial charge in [-0.2, -0.15) is 0 Å². The molecule has 1 atom stereocenters. The minimum absolute atomic E-state index is 0.0282. The van der Waals surface area contributed by atoms with E-state index in [1.807, 2.05) is 19.9 Å². The standard InChI is InChI=1S/C23H29NO6S.C7H8O3S/c1-4-27-16-21(30-23(26)29-19-10-6-5-7-11-19)17-28-20-12-8-9-18(15-20)24-22(25)13-14-31(2)3;1-6-2-4-7(5-3-6)11(8,9)10/h5-12,15,21H,4,13-14,16-17H2,1-3H3;2-5H,1H3,(H,8,9,10). The molecule has 0 aliphatic carbocycles. The van der Waals surface area contributed by atoms with Crippen molar-refractivity contribution in [3.8, 4) is 11.5 Å². The summed E-state index contributed by atoms with van der Waals surface area (Å²) in [5.74, 6) is 1.77. The highest BCUT2D eigenvalue weighted by Crippen LogP contribution is 2.18. The number of nitrogens with one attached hydrogen (secondary N) is 1. The Morgan fingerprint density at radius 3 is 2.21 bits per heavy atom. The van der Waals surface area contributed by atoms with Gasteiger partial charge in [0.25, 0.3) is 0 Å². The maximum Gasteiger partial charge on any atom is 0.514 e. The van der Waals surface area contributed by atoms with Crippen molar-refractivity contribution in [1.82, 2.24) is 0 Å². The topological polar surface area (TPSA) is 140 Å². The van der Waals surface area contributed by atoms with Crippen LogP contribution in [0.3, 0.4) is 0 Å². The highest BCUT2D eigenvalue weighted by molar-refractivity contribution is 7.95. The second-order valence-corrected chi connectivity index (χ2v) is 12.9. The van der Waals surface area contributed by atoms with Crippen LogP contribution in [-0.2, 0) is 35.3 Å². The Morgan fingerprint density at radius 1 is 0.929 bits per heavy atom. The third-order valence-corrected chi connectivity index (χ3v) is 7.19. The molecule has 3 rings (SSSR count). The van der Waals surface area contributed by atoms with Gasteiger partial charge in [-0.25, -0.2) is 13.2 Å². The molecule has 3 aromatic carbocycles. The summed E-state index contributed by atoms with van der Waals surface area (Å²) in [6.07, 6.45) is 3.22. The number of para-hydroxylation sites is 1. The Bertz CT molecular complexity index is 1350. The quantitative estimate of drug-likeness (QED) is 0.124. The van der Waals surface area contributed by atoms with Crippen molar-refractivity contribution in [3.63, 3.8) is 0 Å². The number of ether oxygens (including phenoxy) is 4. The lowest BCUT2D eigenvalue weighted by Gasteiger charge is -2.18. The molecule has 1 unspecified atom stereocenters. The molecule has 0 saturated carbocycles. The Balaban J connectivity index is 0.000000468. The van der Waals surface area contributed by atoms with Crippen molar-refractivity contribution in [3.05, 3.63) is 84.4 Å². The molecule has 3 aromatic rings. The zero-order valence-electron chi connectivity index (χ0n) is 24.1. The van der Waals surface area contributed by atoms with Crippen molar-refractivity contribution < 1.29 is 41.5 Å². The number of hydrogen-bond acceptors (Lipinski definition) is 9. The van der Waals surface area contributed by atoms with E-state index < -0.39 is 22.4 Å². The summed E-state index contributed by atoms with van der Waals surface area (Å²) in [5, 5.41) is 2.87. The molecule has 0 bridgehead atoms. The van der Waals surface area contributed by atoms with Crippen LogP contribution in [0, 0.1) is 6.92 Å². The average molecular weight is 620 g/mol. The van der Waals surface area contributed by atoms with Crippen molar-refractivity contribution in [2.75, 3.05) is 43.4 Å². The van der Waals surface area contributed by atoms with E-state index in [2.05, 4.69) is 17.8 Å². The van der Waals surface area contributed by atoms with Crippen LogP contribution in [0.5, 0.6) is 11.5 Å². The highest BCUT2D eigenvalue weighted by Gasteiger charge is 2.18. The van der Waals surface area contributed by atoms with Crippen molar-refractivity contribution >= 4 is 38.8 Å². The first-order valence-electron chi connectivity index (χ1n) is 13.1. The fourth-order valence-electron chi connectivity index (χ4n) is 3.19. The predicted octanol–water partition coefficient (Wildman–Crippen LogP) is 4.79. The lowest BCUT2D eigenvalue weighted by molar-refractivity contribution is -0.115. The number of carbonyl (C=O) groups is 2. The molecule has 0 radical (unpaired) electrons. The maximum atomic E-state index is 12.1. The number of benzene rings is 3. The minimum atomic E-state index is -4.27. The average Bonchev–Trinajstić information content (AvgIpc) is 2.94. The van der Waals surface area contributed by atoms with Gasteiger partial charge >= 0.3 is 6.16 Å². The first-order chi connectivity index (χ1) is 20.0. The predicted molar refractivity (Wildman–Crippen MR) is 162 cm³/mol. The summed E-state index contributed by atoms with van der Waals surface area (Å²) in [7, 11) is -4.05. The molecule has 12 heteroatoms. The number of anilines is 1. The first-order valence-corrected chi connectivity index (χ1v) is 16.7. The number of rotatable bonds is 13. The molecule has 228 valence electrons. The molecule has 1 amide bonds. The molecule has 0 aliphatic heterocycles. The number of aryl methyl sites for hydroxylation is 1. The fraction of sp³-hybridized carbons (Fsp3) is 0.333. The molecule has 0 aliphatic rings. The van der Waals surface area contributed by atoms with Gasteiger partial charge in [-0.3, -0.25) is 4.79 Å². The summed E-state index contributed by atoms with van der Waals surface area (Å²) in [5.41, 5.74) is 1.58. The summed E-state index contributed by atoms with van der Waals surface area (Å²) in [6, 6.07) is 21.5. The highest BCUT2D eigenvalue weighted by atomic mass is 32.2. The third kappa shape index (κ3) is 14.4. The summed E-state index contributed by atoms with van der Waals surface area (Å²) in [4.78, 5) is 24.0. The SMILES string of the molecule is CCOCC(COc1cccc(NC(=O)CC[S+](C)C)c1)OC(=O)Oc1ccccc1.Cc1ccc(S(=O)(=O)[O-])cc1. The van der Waals surface area contributed by atoms with Crippen LogP contribution in [0.4, 0.5) is 10.5 Å². The normalized spacial score (nSPS) is 11.6. The van der Waals surface area contributed by atoms with E-state index in [-0.39, 0.29) is 34.9 Å². The van der Waals surface area contributed by atoms with Gasteiger partial charge in [-0.15, -0.1) is 0 Å². The van der Waals surface area contributed by atoms with E-state index >= 15 is 0 Å². The maximum absolute atomic E-state index is 12.1. The Morgan fingerprint density at radius 2 is 1.60 bits per heavy atom. The molecular weight excluding hydrogens is 582 g/mol. The Kier molecular flexibility index (Phi) is 14.9. The van der Waals surface area contributed by atoms with Crippen molar-refractivity contribution in [2.45, 2.75) is 31.3 Å². The van der Waals surface area contributed by atoms with Crippen molar-refractivity contribution in [1.29, 1.82) is 0 Å². The van der Waals surface area contributed by atoms with Crippen LogP contribution in [0.2, 0.25) is 0 Å². The van der Waals surface area contributed by atoms with Crippen LogP contribution in [0.1, 0.15) is 18.9 Å². The first kappa shape index (κ1) is 34.6. The van der Waals surface area contributed by atoms with Crippen LogP contribution in [0.25, 0.3) is 0 Å². The van der Waals surface area contributed by atoms with Crippen molar-refractivity contribution in [2.24, 2.45) is 0 Å². The van der Waals surface area contributed by atoms with E-state index in [1.165, 1.54) is 12.1 Å². The second kappa shape index (κ2) is 18.1. The minimum Gasteiger partial charge on any atom is -0.744 e. The zero-order chi connectivity index (χ0) is 31.0. The van der Waals surface area contributed by atoms with Gasteiger partial charge in [-0.1, -0.05) is 42.0 Å². The summed E-state index contributed by atoms with van der Waals surface area (Å²) in [6.45, 7) is 4.40. The van der Waals surface area contributed by atoms with Gasteiger partial charge in [0.05, 0.1) is 30.4 Å². The molecule has 42 heavy (non-hydrogen) atoms. The van der Waals surface area contributed by atoms with E-state index in [0.717, 1.165) is 11.3 Å². The number of carbonyl (C=O) groups excluding carboxylic acids is 2. The molecule has 0 fully saturated rings. The van der Waals surface area contributed by atoms with E-state index in [9.17, 15) is 22.6 Å². The monoisotopic (exact) mass is 619 g/mol. The largest absolute Gasteiger partial charge is 0.744 e. The van der Waals surface area contributed by atoms with Crippen LogP contribution < -0.4 is 14.8 Å². The van der Waals surface area contributed by atoms with Gasteiger partial charge < -0.3 is 28.8 Å². The molecule has 0 spiro atoms. The Hall–Kier alpha value is -3.58. The van der Waals surface area contributed by atoms with Crippen LogP contribution >= 0.6 is 0 Å². The van der Waals surface area contributed by atoms with Crippen LogP contribution in [-0.4, -0.2) is 69.2 Å². The van der Waals surface area contributed by atoms with Gasteiger partial charge in [-0.05, 0) is 61.1 Å². The Labute approximate surface area is 250 Å².